The Bertz CT molecular complexity index is 492. The van der Waals surface area contributed by atoms with Gasteiger partial charge in [0, 0.05) is 10.0 Å². The van der Waals surface area contributed by atoms with Crippen molar-refractivity contribution in [2.45, 2.75) is 25.8 Å². The first-order valence-electron chi connectivity index (χ1n) is 5.42. The Morgan fingerprint density at radius 3 is 2.78 bits per heavy atom. The molecule has 1 rings (SSSR count). The highest BCUT2D eigenvalue weighted by molar-refractivity contribution is 9.10. The van der Waals surface area contributed by atoms with Gasteiger partial charge in [-0.2, -0.15) is 5.26 Å². The number of ether oxygens (including phenoxy) is 1. The molecule has 96 valence electrons. The van der Waals surface area contributed by atoms with E-state index in [-0.39, 0.29) is 12.3 Å². The molecule has 0 aliphatic rings. The number of benzene rings is 1. The van der Waals surface area contributed by atoms with E-state index < -0.39 is 5.54 Å². The first-order valence-corrected chi connectivity index (χ1v) is 6.22. The van der Waals surface area contributed by atoms with E-state index in [1.165, 1.54) is 0 Å². The molecule has 5 heteroatoms. The molecule has 4 nitrogen and oxygen atoms in total. The number of halogens is 1. The fraction of sp³-hybridized carbons (Fsp3) is 0.385. The van der Waals surface area contributed by atoms with Crippen LogP contribution in [0.3, 0.4) is 0 Å². The molecule has 1 N–H and O–H groups in total. The molecule has 1 amide bonds. The van der Waals surface area contributed by atoms with Crippen molar-refractivity contribution in [3.05, 3.63) is 28.2 Å². The van der Waals surface area contributed by atoms with Crippen molar-refractivity contribution in [2.24, 2.45) is 0 Å². The predicted molar refractivity (Wildman–Crippen MR) is 72.1 cm³/mol. The van der Waals surface area contributed by atoms with Gasteiger partial charge in [-0.05, 0) is 32.0 Å². The van der Waals surface area contributed by atoms with E-state index in [0.29, 0.717) is 5.75 Å². The Labute approximate surface area is 115 Å². The van der Waals surface area contributed by atoms with Crippen LogP contribution in [0.5, 0.6) is 5.75 Å². The van der Waals surface area contributed by atoms with Crippen LogP contribution in [0, 0.1) is 11.3 Å². The molecule has 0 bridgehead atoms. The molecule has 0 spiro atoms. The highest BCUT2D eigenvalue weighted by Crippen LogP contribution is 2.32. The molecular weight excluding hydrogens is 296 g/mol. The zero-order chi connectivity index (χ0) is 13.8. The Hall–Kier alpha value is -1.54. The Balaban J connectivity index is 3.07. The fourth-order valence-corrected chi connectivity index (χ4v) is 2.06. The zero-order valence-corrected chi connectivity index (χ0v) is 12.2. The summed E-state index contributed by atoms with van der Waals surface area (Å²) in [5.41, 5.74) is 0.244. The molecular formula is C13H15BrN2O2. The van der Waals surface area contributed by atoms with Gasteiger partial charge in [-0.15, -0.1) is 0 Å². The summed E-state index contributed by atoms with van der Waals surface area (Å²) in [5, 5.41) is 11.3. The number of rotatable bonds is 4. The third-order valence-electron chi connectivity index (χ3n) is 2.53. The number of amides is 1. The zero-order valence-electron chi connectivity index (χ0n) is 10.6. The van der Waals surface area contributed by atoms with E-state index >= 15 is 0 Å². The van der Waals surface area contributed by atoms with E-state index in [9.17, 15) is 4.79 Å². The molecule has 0 unspecified atom stereocenters. The highest BCUT2D eigenvalue weighted by Gasteiger charge is 2.26. The maximum Gasteiger partial charge on any atom is 0.234 e. The summed E-state index contributed by atoms with van der Waals surface area (Å²) >= 11 is 3.39. The molecule has 0 aliphatic heterocycles. The first kappa shape index (κ1) is 14.5. The standard InChI is InChI=1S/C13H15BrN2O2/c1-13(2,16-12(17)6-7-15)10-8-9(14)4-5-11(10)18-3/h4-5,8H,6H2,1-3H3,(H,16,17). The average molecular weight is 311 g/mol. The van der Waals surface area contributed by atoms with Gasteiger partial charge in [0.2, 0.25) is 5.91 Å². The lowest BCUT2D eigenvalue weighted by atomic mass is 9.93. The van der Waals surface area contributed by atoms with Crippen molar-refractivity contribution < 1.29 is 9.53 Å². The van der Waals surface area contributed by atoms with Crippen LogP contribution in [-0.4, -0.2) is 13.0 Å². The van der Waals surface area contributed by atoms with Gasteiger partial charge >= 0.3 is 0 Å². The largest absolute Gasteiger partial charge is 0.496 e. The van der Waals surface area contributed by atoms with Crippen LogP contribution in [0.2, 0.25) is 0 Å². The predicted octanol–water partition coefficient (Wildman–Crippen LogP) is 2.72. The van der Waals surface area contributed by atoms with E-state index in [2.05, 4.69) is 21.2 Å². The minimum Gasteiger partial charge on any atom is -0.496 e. The SMILES string of the molecule is COc1ccc(Br)cc1C(C)(C)NC(=O)CC#N. The number of hydrogen-bond donors (Lipinski definition) is 1. The van der Waals surface area contributed by atoms with Gasteiger partial charge in [0.05, 0.1) is 18.7 Å². The number of carbonyl (C=O) groups is 1. The maximum absolute atomic E-state index is 11.5. The number of nitrogens with zero attached hydrogens (tertiary/aromatic N) is 1. The van der Waals surface area contributed by atoms with Gasteiger partial charge in [-0.25, -0.2) is 0 Å². The second-order valence-corrected chi connectivity index (χ2v) is 5.27. The lowest BCUT2D eigenvalue weighted by Gasteiger charge is -2.28. The van der Waals surface area contributed by atoms with E-state index in [4.69, 9.17) is 10.00 Å². The quantitative estimate of drug-likeness (QED) is 0.930. The topological polar surface area (TPSA) is 62.1 Å². The van der Waals surface area contributed by atoms with E-state index in [0.717, 1.165) is 10.0 Å². The summed E-state index contributed by atoms with van der Waals surface area (Å²) < 4.78 is 6.19. The smallest absolute Gasteiger partial charge is 0.234 e. The van der Waals surface area contributed by atoms with Gasteiger partial charge in [-0.3, -0.25) is 4.79 Å². The molecule has 0 saturated heterocycles. The lowest BCUT2D eigenvalue weighted by molar-refractivity contribution is -0.121. The summed E-state index contributed by atoms with van der Waals surface area (Å²) in [6, 6.07) is 7.42. The van der Waals surface area contributed by atoms with Gasteiger partial charge < -0.3 is 10.1 Å². The van der Waals surface area contributed by atoms with Crippen LogP contribution < -0.4 is 10.1 Å². The summed E-state index contributed by atoms with van der Waals surface area (Å²) in [6.07, 6.45) is -0.153. The number of hydrogen-bond acceptors (Lipinski definition) is 3. The molecule has 0 heterocycles. The molecule has 0 radical (unpaired) electrons. The lowest BCUT2D eigenvalue weighted by Crippen LogP contribution is -2.41. The van der Waals surface area contributed by atoms with Crippen LogP contribution in [-0.2, 0) is 10.3 Å². The molecule has 0 atom stereocenters. The minimum atomic E-state index is -0.608. The van der Waals surface area contributed by atoms with E-state index in [1.807, 2.05) is 38.1 Å². The highest BCUT2D eigenvalue weighted by atomic mass is 79.9. The third-order valence-corrected chi connectivity index (χ3v) is 3.02. The third kappa shape index (κ3) is 3.47. The number of carbonyl (C=O) groups excluding carboxylic acids is 1. The van der Waals surface area contributed by atoms with Gasteiger partial charge in [0.25, 0.3) is 0 Å². The molecule has 0 saturated carbocycles. The van der Waals surface area contributed by atoms with Crippen LogP contribution in [0.1, 0.15) is 25.8 Å². The van der Waals surface area contributed by atoms with Crippen molar-refractivity contribution in [2.75, 3.05) is 7.11 Å². The van der Waals surface area contributed by atoms with Crippen molar-refractivity contribution in [3.63, 3.8) is 0 Å². The minimum absolute atomic E-state index is 0.153. The van der Waals surface area contributed by atoms with Gasteiger partial charge in [-0.1, -0.05) is 15.9 Å². The maximum atomic E-state index is 11.5. The van der Waals surface area contributed by atoms with Crippen LogP contribution in [0.25, 0.3) is 0 Å². The second kappa shape index (κ2) is 5.87. The Kier molecular flexibility index (Phi) is 4.74. The van der Waals surface area contributed by atoms with Crippen molar-refractivity contribution in [3.8, 4) is 11.8 Å². The number of nitrogens with one attached hydrogen (secondary N) is 1. The summed E-state index contributed by atoms with van der Waals surface area (Å²) in [4.78, 5) is 11.5. The fourth-order valence-electron chi connectivity index (χ4n) is 1.70. The van der Waals surface area contributed by atoms with Gasteiger partial charge in [0.15, 0.2) is 0 Å². The van der Waals surface area contributed by atoms with Crippen LogP contribution >= 0.6 is 15.9 Å². The van der Waals surface area contributed by atoms with Crippen molar-refractivity contribution in [1.82, 2.24) is 5.32 Å². The Morgan fingerprint density at radius 2 is 2.22 bits per heavy atom. The summed E-state index contributed by atoms with van der Waals surface area (Å²) in [6.45, 7) is 3.74. The molecule has 0 fully saturated rings. The second-order valence-electron chi connectivity index (χ2n) is 4.35. The average Bonchev–Trinajstić information content (AvgIpc) is 2.28. The summed E-state index contributed by atoms with van der Waals surface area (Å²) in [7, 11) is 1.58. The van der Waals surface area contributed by atoms with E-state index in [1.54, 1.807) is 7.11 Å². The van der Waals surface area contributed by atoms with Crippen LogP contribution in [0.15, 0.2) is 22.7 Å². The Morgan fingerprint density at radius 1 is 1.56 bits per heavy atom. The number of nitriles is 1. The summed E-state index contributed by atoms with van der Waals surface area (Å²) in [5.74, 6) is 0.394. The molecule has 0 aromatic heterocycles. The first-order chi connectivity index (χ1) is 8.40. The molecule has 1 aromatic carbocycles. The normalized spacial score (nSPS) is 10.6. The van der Waals surface area contributed by atoms with Gasteiger partial charge in [0.1, 0.15) is 12.2 Å². The van der Waals surface area contributed by atoms with Crippen molar-refractivity contribution >= 4 is 21.8 Å². The van der Waals surface area contributed by atoms with Crippen LogP contribution in [0.4, 0.5) is 0 Å². The monoisotopic (exact) mass is 310 g/mol. The van der Waals surface area contributed by atoms with Crippen molar-refractivity contribution in [1.29, 1.82) is 5.26 Å². The number of methoxy groups -OCH3 is 1. The molecule has 18 heavy (non-hydrogen) atoms. The molecule has 0 aliphatic carbocycles. The molecule has 1 aromatic rings.